The van der Waals surface area contributed by atoms with Gasteiger partial charge in [-0.05, 0) is 19.4 Å². The van der Waals surface area contributed by atoms with E-state index in [0.29, 0.717) is 19.8 Å². The van der Waals surface area contributed by atoms with Gasteiger partial charge >= 0.3 is 0 Å². The molecule has 100 valence electrons. The molecule has 0 radical (unpaired) electrons. The zero-order valence-electron chi connectivity index (χ0n) is 10.8. The summed E-state index contributed by atoms with van der Waals surface area (Å²) in [5.41, 5.74) is 0.795. The molecular weight excluding hydrogens is 296 g/mol. The van der Waals surface area contributed by atoms with Gasteiger partial charge in [0, 0.05) is 0 Å². The van der Waals surface area contributed by atoms with Crippen molar-refractivity contribution in [1.82, 2.24) is 0 Å². The summed E-state index contributed by atoms with van der Waals surface area (Å²) in [7, 11) is 0. The molecule has 0 spiro atoms. The first-order valence-corrected chi connectivity index (χ1v) is 7.06. The zero-order chi connectivity index (χ0) is 13.0. The average molecular weight is 315 g/mol. The lowest BCUT2D eigenvalue weighted by Gasteiger charge is -2.38. The fraction of sp³-hybridized carbons (Fsp3) is 0.571. The molecule has 0 bridgehead atoms. The Labute approximate surface area is 117 Å². The first kappa shape index (κ1) is 14.0. The summed E-state index contributed by atoms with van der Waals surface area (Å²) in [5.74, 6) is 0. The Kier molecular flexibility index (Phi) is 4.78. The van der Waals surface area contributed by atoms with Crippen molar-refractivity contribution in [1.29, 1.82) is 0 Å². The van der Waals surface area contributed by atoms with Crippen LogP contribution in [0.3, 0.4) is 0 Å². The van der Waals surface area contributed by atoms with Crippen LogP contribution in [0.15, 0.2) is 30.3 Å². The molecule has 1 fully saturated rings. The molecule has 1 aromatic rings. The van der Waals surface area contributed by atoms with E-state index < -0.39 is 0 Å². The van der Waals surface area contributed by atoms with E-state index in [-0.39, 0.29) is 16.7 Å². The van der Waals surface area contributed by atoms with E-state index in [0.717, 1.165) is 5.56 Å². The highest BCUT2D eigenvalue weighted by atomic mass is 79.9. The Balaban J connectivity index is 1.83. The topological polar surface area (TPSA) is 27.7 Å². The Morgan fingerprint density at radius 3 is 2.50 bits per heavy atom. The van der Waals surface area contributed by atoms with E-state index in [9.17, 15) is 0 Å². The van der Waals surface area contributed by atoms with E-state index in [1.807, 2.05) is 32.0 Å². The van der Waals surface area contributed by atoms with Crippen molar-refractivity contribution >= 4 is 15.9 Å². The molecule has 1 saturated heterocycles. The van der Waals surface area contributed by atoms with Gasteiger partial charge in [0.15, 0.2) is 6.29 Å². The smallest absolute Gasteiger partial charge is 0.169 e. The molecule has 1 aliphatic heterocycles. The highest BCUT2D eigenvalue weighted by Crippen LogP contribution is 2.24. The maximum atomic E-state index is 5.92. The minimum Gasteiger partial charge on any atom is -0.366 e. The molecule has 0 saturated carbocycles. The van der Waals surface area contributed by atoms with Crippen LogP contribution in [0.5, 0.6) is 0 Å². The van der Waals surface area contributed by atoms with Crippen molar-refractivity contribution in [2.24, 2.45) is 0 Å². The second kappa shape index (κ2) is 6.15. The van der Waals surface area contributed by atoms with Gasteiger partial charge in [0.2, 0.25) is 0 Å². The van der Waals surface area contributed by atoms with Crippen molar-refractivity contribution in [2.75, 3.05) is 13.2 Å². The number of hydrogen-bond donors (Lipinski definition) is 0. The van der Waals surface area contributed by atoms with Gasteiger partial charge in [-0.2, -0.15) is 0 Å². The van der Waals surface area contributed by atoms with Crippen LogP contribution < -0.4 is 0 Å². The summed E-state index contributed by atoms with van der Waals surface area (Å²) in [4.78, 5) is 0.191. The molecule has 1 aliphatic rings. The summed E-state index contributed by atoms with van der Waals surface area (Å²) in [6.45, 7) is 5.72. The minimum absolute atomic E-state index is 0.182. The van der Waals surface area contributed by atoms with E-state index in [4.69, 9.17) is 14.2 Å². The number of halogens is 1. The quantitative estimate of drug-likeness (QED) is 0.799. The van der Waals surface area contributed by atoms with Crippen LogP contribution in [0.1, 0.15) is 19.4 Å². The van der Waals surface area contributed by atoms with Gasteiger partial charge in [-0.25, -0.2) is 0 Å². The summed E-state index contributed by atoms with van der Waals surface area (Å²) >= 11 is 3.46. The second-order valence-corrected chi connectivity index (χ2v) is 6.34. The van der Waals surface area contributed by atoms with Gasteiger partial charge in [0.1, 0.15) is 5.60 Å². The molecule has 0 aliphatic carbocycles. The third kappa shape index (κ3) is 3.79. The summed E-state index contributed by atoms with van der Waals surface area (Å²) < 4.78 is 17.2. The highest BCUT2D eigenvalue weighted by Gasteiger charge is 2.35. The van der Waals surface area contributed by atoms with Gasteiger partial charge in [-0.15, -0.1) is 0 Å². The Morgan fingerprint density at radius 2 is 1.94 bits per heavy atom. The monoisotopic (exact) mass is 314 g/mol. The molecule has 4 heteroatoms. The summed E-state index contributed by atoms with van der Waals surface area (Å²) in [5, 5.41) is 0. The lowest BCUT2D eigenvalue weighted by Crippen LogP contribution is -2.48. The fourth-order valence-electron chi connectivity index (χ4n) is 1.79. The van der Waals surface area contributed by atoms with Gasteiger partial charge in [-0.3, -0.25) is 0 Å². The van der Waals surface area contributed by atoms with Crippen molar-refractivity contribution in [3.63, 3.8) is 0 Å². The zero-order valence-corrected chi connectivity index (χ0v) is 12.4. The third-order valence-electron chi connectivity index (χ3n) is 2.91. The van der Waals surface area contributed by atoms with Gasteiger partial charge in [0.25, 0.3) is 0 Å². The predicted molar refractivity (Wildman–Crippen MR) is 73.7 cm³/mol. The first-order chi connectivity index (χ1) is 8.59. The largest absolute Gasteiger partial charge is 0.366 e. The maximum absolute atomic E-state index is 5.92. The molecule has 2 rings (SSSR count). The van der Waals surface area contributed by atoms with Crippen LogP contribution in [0.2, 0.25) is 0 Å². The number of benzene rings is 1. The predicted octanol–water partition coefficient (Wildman–Crippen LogP) is 3.12. The number of hydrogen-bond acceptors (Lipinski definition) is 3. The SMILES string of the molecule is CC(Br)C1OCC(C)(OCc2ccccc2)CO1. The summed E-state index contributed by atoms with van der Waals surface area (Å²) in [6.07, 6.45) is -0.182. The molecule has 1 unspecified atom stereocenters. The van der Waals surface area contributed by atoms with Crippen LogP contribution in [-0.4, -0.2) is 29.9 Å². The molecule has 1 heterocycles. The van der Waals surface area contributed by atoms with Crippen molar-refractivity contribution < 1.29 is 14.2 Å². The van der Waals surface area contributed by atoms with E-state index in [1.165, 1.54) is 0 Å². The van der Waals surface area contributed by atoms with Crippen LogP contribution in [-0.2, 0) is 20.8 Å². The highest BCUT2D eigenvalue weighted by molar-refractivity contribution is 9.09. The Hall–Kier alpha value is -0.420. The van der Waals surface area contributed by atoms with Crippen LogP contribution in [0.25, 0.3) is 0 Å². The second-order valence-electron chi connectivity index (χ2n) is 4.89. The minimum atomic E-state index is -0.367. The van der Waals surface area contributed by atoms with Crippen LogP contribution >= 0.6 is 15.9 Å². The number of alkyl halides is 1. The van der Waals surface area contributed by atoms with E-state index in [1.54, 1.807) is 0 Å². The lowest BCUT2D eigenvalue weighted by molar-refractivity contribution is -0.260. The fourth-order valence-corrected chi connectivity index (χ4v) is 2.09. The number of rotatable bonds is 4. The van der Waals surface area contributed by atoms with Gasteiger partial charge in [-0.1, -0.05) is 46.3 Å². The molecule has 18 heavy (non-hydrogen) atoms. The first-order valence-electron chi connectivity index (χ1n) is 6.14. The van der Waals surface area contributed by atoms with Crippen LogP contribution in [0, 0.1) is 0 Å². The Bertz CT molecular complexity index is 359. The lowest BCUT2D eigenvalue weighted by atomic mass is 10.1. The Morgan fingerprint density at radius 1 is 1.33 bits per heavy atom. The van der Waals surface area contributed by atoms with Gasteiger partial charge < -0.3 is 14.2 Å². The average Bonchev–Trinajstić information content (AvgIpc) is 2.38. The van der Waals surface area contributed by atoms with Crippen LogP contribution in [0.4, 0.5) is 0 Å². The van der Waals surface area contributed by atoms with Crippen molar-refractivity contribution in [2.45, 2.75) is 37.2 Å². The standard InChI is InChI=1S/C14H19BrO3/c1-11(15)13-16-9-14(2,10-17-13)18-8-12-6-4-3-5-7-12/h3-7,11,13H,8-10H2,1-2H3. The molecule has 0 N–H and O–H groups in total. The third-order valence-corrected chi connectivity index (χ3v) is 3.34. The molecule has 0 aromatic heterocycles. The molecule has 0 amide bonds. The normalized spacial score (nSPS) is 30.1. The van der Waals surface area contributed by atoms with E-state index >= 15 is 0 Å². The maximum Gasteiger partial charge on any atom is 0.169 e. The van der Waals surface area contributed by atoms with E-state index in [2.05, 4.69) is 28.1 Å². The molecule has 1 atom stereocenters. The molecule has 3 nitrogen and oxygen atoms in total. The van der Waals surface area contributed by atoms with Crippen molar-refractivity contribution in [3.05, 3.63) is 35.9 Å². The van der Waals surface area contributed by atoms with Crippen molar-refractivity contribution in [3.8, 4) is 0 Å². The summed E-state index contributed by atoms with van der Waals surface area (Å²) in [6, 6.07) is 10.1. The number of ether oxygens (including phenoxy) is 3. The molecule has 1 aromatic carbocycles. The van der Waals surface area contributed by atoms with Gasteiger partial charge in [0.05, 0.1) is 24.6 Å². The molecular formula is C14H19BrO3.